The Morgan fingerprint density at radius 3 is 2.75 bits per heavy atom. The summed E-state index contributed by atoms with van der Waals surface area (Å²) in [4.78, 5) is 18.5. The van der Waals surface area contributed by atoms with Gasteiger partial charge in [-0.15, -0.1) is 0 Å². The van der Waals surface area contributed by atoms with Gasteiger partial charge < -0.3 is 9.84 Å². The summed E-state index contributed by atoms with van der Waals surface area (Å²) in [5, 5.41) is 8.88. The Bertz CT molecular complexity index is 375. The van der Waals surface area contributed by atoms with E-state index in [-0.39, 0.29) is 11.6 Å². The second kappa shape index (κ2) is 4.92. The maximum atomic E-state index is 10.8. The third-order valence-electron chi connectivity index (χ3n) is 2.80. The van der Waals surface area contributed by atoms with E-state index in [4.69, 9.17) is 9.84 Å². The molecule has 0 aliphatic heterocycles. The minimum atomic E-state index is -1.10. The van der Waals surface area contributed by atoms with Crippen LogP contribution in [0.5, 0.6) is 5.88 Å². The summed E-state index contributed by atoms with van der Waals surface area (Å²) < 4.78 is 5.43. The average molecular weight is 222 g/mol. The summed E-state index contributed by atoms with van der Waals surface area (Å²) in [6, 6.07) is 0. The molecule has 1 saturated carbocycles. The van der Waals surface area contributed by atoms with Gasteiger partial charge in [-0.25, -0.2) is 14.8 Å². The molecule has 0 radical (unpaired) electrons. The molecule has 0 aromatic carbocycles. The third kappa shape index (κ3) is 2.48. The number of ether oxygens (including phenoxy) is 1. The fraction of sp³-hybridized carbons (Fsp3) is 0.545. The van der Waals surface area contributed by atoms with Crippen molar-refractivity contribution >= 4 is 5.97 Å². The van der Waals surface area contributed by atoms with Crippen LogP contribution in [0.4, 0.5) is 0 Å². The van der Waals surface area contributed by atoms with Crippen LogP contribution >= 0.6 is 0 Å². The molecule has 0 saturated heterocycles. The predicted octanol–water partition coefficient (Wildman–Crippen LogP) is 1.74. The van der Waals surface area contributed by atoms with Crippen molar-refractivity contribution in [1.82, 2.24) is 9.97 Å². The van der Waals surface area contributed by atoms with Crippen molar-refractivity contribution in [2.75, 3.05) is 6.61 Å². The Morgan fingerprint density at radius 1 is 1.38 bits per heavy atom. The highest BCUT2D eigenvalue weighted by Crippen LogP contribution is 2.25. The first-order valence-electron chi connectivity index (χ1n) is 5.44. The highest BCUT2D eigenvalue weighted by Gasteiger charge is 2.18. The number of carbonyl (C=O) groups is 1. The minimum Gasteiger partial charge on any atom is -0.476 e. The first-order valence-corrected chi connectivity index (χ1v) is 5.44. The molecule has 2 rings (SSSR count). The number of nitrogens with zero attached hydrogens (tertiary/aromatic N) is 2. The fourth-order valence-corrected chi connectivity index (χ4v) is 1.95. The van der Waals surface area contributed by atoms with Crippen LogP contribution in [0.2, 0.25) is 0 Å². The predicted molar refractivity (Wildman–Crippen MR) is 56.4 cm³/mol. The summed E-state index contributed by atoms with van der Waals surface area (Å²) in [5.74, 6) is -0.444. The zero-order valence-corrected chi connectivity index (χ0v) is 8.93. The van der Waals surface area contributed by atoms with E-state index >= 15 is 0 Å². The van der Waals surface area contributed by atoms with Gasteiger partial charge in [0.15, 0.2) is 0 Å². The summed E-state index contributed by atoms with van der Waals surface area (Å²) in [6.45, 7) is 0.541. The largest absolute Gasteiger partial charge is 0.476 e. The van der Waals surface area contributed by atoms with Gasteiger partial charge in [0.2, 0.25) is 11.6 Å². The Balaban J connectivity index is 2.00. The van der Waals surface area contributed by atoms with Crippen LogP contribution in [-0.4, -0.2) is 27.7 Å². The molecule has 0 amide bonds. The van der Waals surface area contributed by atoms with Gasteiger partial charge >= 0.3 is 5.97 Å². The molecular formula is C11H14N2O3. The Hall–Kier alpha value is -1.65. The van der Waals surface area contributed by atoms with Crippen molar-refractivity contribution in [3.63, 3.8) is 0 Å². The monoisotopic (exact) mass is 222 g/mol. The molecule has 5 nitrogen and oxygen atoms in total. The van der Waals surface area contributed by atoms with Gasteiger partial charge in [-0.2, -0.15) is 0 Å². The van der Waals surface area contributed by atoms with E-state index in [1.807, 2.05) is 0 Å². The number of hydrogen-bond donors (Lipinski definition) is 1. The van der Waals surface area contributed by atoms with Crippen molar-refractivity contribution < 1.29 is 14.6 Å². The highest BCUT2D eigenvalue weighted by molar-refractivity contribution is 5.87. The maximum absolute atomic E-state index is 10.8. The van der Waals surface area contributed by atoms with Crippen LogP contribution in [0.25, 0.3) is 0 Å². The maximum Gasteiger partial charge on any atom is 0.360 e. The van der Waals surface area contributed by atoms with Gasteiger partial charge in [0.25, 0.3) is 0 Å². The van der Waals surface area contributed by atoms with E-state index in [0.717, 1.165) is 12.8 Å². The molecule has 5 heteroatoms. The molecule has 0 bridgehead atoms. The van der Waals surface area contributed by atoms with E-state index in [1.54, 1.807) is 0 Å². The smallest absolute Gasteiger partial charge is 0.360 e. The lowest BCUT2D eigenvalue weighted by atomic mass is 10.1. The quantitative estimate of drug-likeness (QED) is 0.840. The van der Waals surface area contributed by atoms with Gasteiger partial charge in [0.05, 0.1) is 6.61 Å². The van der Waals surface area contributed by atoms with Gasteiger partial charge in [0, 0.05) is 12.4 Å². The van der Waals surface area contributed by atoms with Crippen molar-refractivity contribution in [2.45, 2.75) is 25.7 Å². The summed E-state index contributed by atoms with van der Waals surface area (Å²) >= 11 is 0. The molecule has 1 aliphatic rings. The van der Waals surface area contributed by atoms with Crippen molar-refractivity contribution in [2.24, 2.45) is 5.92 Å². The molecule has 1 aromatic rings. The van der Waals surface area contributed by atoms with Crippen molar-refractivity contribution in [3.05, 3.63) is 18.1 Å². The first-order chi connectivity index (χ1) is 7.77. The van der Waals surface area contributed by atoms with Crippen LogP contribution < -0.4 is 4.74 Å². The Kier molecular flexibility index (Phi) is 3.34. The number of aromatic carboxylic acids is 1. The normalized spacial score (nSPS) is 16.2. The molecule has 1 aromatic heterocycles. The number of carboxylic acid groups (broad SMARTS) is 1. The lowest BCUT2D eigenvalue weighted by Gasteiger charge is -2.11. The van der Waals surface area contributed by atoms with Gasteiger partial charge in [-0.05, 0) is 18.8 Å². The van der Waals surface area contributed by atoms with E-state index in [9.17, 15) is 4.79 Å². The minimum absolute atomic E-state index is 0.111. The van der Waals surface area contributed by atoms with Crippen LogP contribution in [0, 0.1) is 5.92 Å². The molecule has 1 aliphatic carbocycles. The van der Waals surface area contributed by atoms with Crippen LogP contribution in [0.3, 0.4) is 0 Å². The molecule has 1 heterocycles. The third-order valence-corrected chi connectivity index (χ3v) is 2.80. The number of aromatic nitrogens is 2. The van der Waals surface area contributed by atoms with Gasteiger partial charge in [-0.3, -0.25) is 0 Å². The van der Waals surface area contributed by atoms with Crippen LogP contribution in [0.1, 0.15) is 36.2 Å². The van der Waals surface area contributed by atoms with Crippen LogP contribution in [0.15, 0.2) is 12.4 Å². The second-order valence-corrected chi connectivity index (χ2v) is 3.98. The standard InChI is InChI=1S/C11H14N2O3/c14-11(15)9-10(13-6-5-12-9)16-7-8-3-1-2-4-8/h5-6,8H,1-4,7H2,(H,14,15). The highest BCUT2D eigenvalue weighted by atomic mass is 16.5. The SMILES string of the molecule is O=C(O)c1nccnc1OCC1CCCC1. The van der Waals surface area contributed by atoms with Gasteiger partial charge in [-0.1, -0.05) is 12.8 Å². The first kappa shape index (κ1) is 10.9. The summed E-state index contributed by atoms with van der Waals surface area (Å²) in [6.07, 6.45) is 7.58. The second-order valence-electron chi connectivity index (χ2n) is 3.98. The molecule has 0 unspecified atom stereocenters. The molecule has 1 N–H and O–H groups in total. The molecule has 0 spiro atoms. The Labute approximate surface area is 93.5 Å². The summed E-state index contributed by atoms with van der Waals surface area (Å²) in [7, 11) is 0. The molecule has 0 atom stereocenters. The molecule has 1 fully saturated rings. The summed E-state index contributed by atoms with van der Waals surface area (Å²) in [5.41, 5.74) is -0.111. The number of carboxylic acids is 1. The number of hydrogen-bond acceptors (Lipinski definition) is 4. The number of rotatable bonds is 4. The molecule has 16 heavy (non-hydrogen) atoms. The van der Waals surface area contributed by atoms with E-state index in [1.165, 1.54) is 25.2 Å². The van der Waals surface area contributed by atoms with E-state index < -0.39 is 5.97 Å². The average Bonchev–Trinajstić information content (AvgIpc) is 2.79. The fourth-order valence-electron chi connectivity index (χ4n) is 1.95. The van der Waals surface area contributed by atoms with Crippen LogP contribution in [-0.2, 0) is 0 Å². The molecule has 86 valence electrons. The van der Waals surface area contributed by atoms with Crippen molar-refractivity contribution in [1.29, 1.82) is 0 Å². The lowest BCUT2D eigenvalue weighted by Crippen LogP contribution is -2.12. The van der Waals surface area contributed by atoms with Gasteiger partial charge in [0.1, 0.15) is 0 Å². The van der Waals surface area contributed by atoms with E-state index in [2.05, 4.69) is 9.97 Å². The lowest BCUT2D eigenvalue weighted by molar-refractivity contribution is 0.0683. The van der Waals surface area contributed by atoms with Crippen molar-refractivity contribution in [3.8, 4) is 5.88 Å². The zero-order valence-electron chi connectivity index (χ0n) is 8.93. The molecular weight excluding hydrogens is 208 g/mol. The van der Waals surface area contributed by atoms with E-state index in [0.29, 0.717) is 12.5 Å². The zero-order chi connectivity index (χ0) is 11.4. The topological polar surface area (TPSA) is 72.3 Å². The Morgan fingerprint density at radius 2 is 2.06 bits per heavy atom.